The first-order chi connectivity index (χ1) is 9.90. The van der Waals surface area contributed by atoms with E-state index >= 15 is 0 Å². The fourth-order valence-electron chi connectivity index (χ4n) is 1.43. The normalized spacial score (nSPS) is 11.8. The van der Waals surface area contributed by atoms with Crippen LogP contribution in [0, 0.1) is 0 Å². The van der Waals surface area contributed by atoms with Crippen molar-refractivity contribution in [2.45, 2.75) is 32.5 Å². The zero-order chi connectivity index (χ0) is 17.1. The Balaban J connectivity index is 2.79. The van der Waals surface area contributed by atoms with Crippen molar-refractivity contribution in [1.82, 2.24) is 10.4 Å². The second-order valence-corrected chi connectivity index (χ2v) is 5.56. The number of hydrogen-bond acceptors (Lipinski definition) is 3. The Kier molecular flexibility index (Phi) is 5.05. The van der Waals surface area contributed by atoms with Gasteiger partial charge < -0.3 is 4.74 Å². The van der Waals surface area contributed by atoms with Crippen molar-refractivity contribution in [3.8, 4) is 0 Å². The second kappa shape index (κ2) is 6.25. The topological polar surface area (TPSA) is 58.6 Å². The SMILES string of the molecule is CN(NC(=O)c1cccc(C(F)(F)F)c1)C(=O)OC(C)(C)C. The van der Waals surface area contributed by atoms with Gasteiger partial charge in [0, 0.05) is 12.6 Å². The number of halogens is 3. The Morgan fingerprint density at radius 2 is 1.77 bits per heavy atom. The molecule has 1 N–H and O–H groups in total. The molecule has 1 aromatic carbocycles. The summed E-state index contributed by atoms with van der Waals surface area (Å²) in [5.74, 6) is -0.848. The quantitative estimate of drug-likeness (QED) is 0.809. The molecule has 1 rings (SSSR count). The molecule has 0 spiro atoms. The van der Waals surface area contributed by atoms with Crippen LogP contribution in [0.15, 0.2) is 24.3 Å². The molecule has 0 saturated heterocycles. The summed E-state index contributed by atoms with van der Waals surface area (Å²) in [6, 6.07) is 3.89. The number of benzene rings is 1. The zero-order valence-electron chi connectivity index (χ0n) is 12.6. The summed E-state index contributed by atoms with van der Waals surface area (Å²) >= 11 is 0. The minimum Gasteiger partial charge on any atom is -0.442 e. The molecule has 0 bridgehead atoms. The van der Waals surface area contributed by atoms with E-state index in [4.69, 9.17) is 4.74 Å². The molecular formula is C14H17F3N2O3. The molecule has 0 heterocycles. The van der Waals surface area contributed by atoms with Crippen LogP contribution in [0.5, 0.6) is 0 Å². The van der Waals surface area contributed by atoms with Gasteiger partial charge in [-0.2, -0.15) is 13.2 Å². The summed E-state index contributed by atoms with van der Waals surface area (Å²) in [6.45, 7) is 4.94. The number of nitrogens with one attached hydrogen (secondary N) is 1. The lowest BCUT2D eigenvalue weighted by molar-refractivity contribution is -0.137. The van der Waals surface area contributed by atoms with Crippen molar-refractivity contribution in [3.63, 3.8) is 0 Å². The average molecular weight is 318 g/mol. The van der Waals surface area contributed by atoms with Gasteiger partial charge in [0.15, 0.2) is 0 Å². The minimum atomic E-state index is -4.55. The number of alkyl halides is 3. The Labute approximate surface area is 126 Å². The van der Waals surface area contributed by atoms with E-state index in [-0.39, 0.29) is 5.56 Å². The zero-order valence-corrected chi connectivity index (χ0v) is 12.6. The molecule has 0 aliphatic rings. The van der Waals surface area contributed by atoms with E-state index in [9.17, 15) is 22.8 Å². The van der Waals surface area contributed by atoms with Crippen LogP contribution in [0.1, 0.15) is 36.7 Å². The monoisotopic (exact) mass is 318 g/mol. The Bertz CT molecular complexity index is 565. The highest BCUT2D eigenvalue weighted by Crippen LogP contribution is 2.29. The summed E-state index contributed by atoms with van der Waals surface area (Å²) < 4.78 is 42.8. The Hall–Kier alpha value is -2.25. The fraction of sp³-hybridized carbons (Fsp3) is 0.429. The minimum absolute atomic E-state index is 0.217. The summed E-state index contributed by atoms with van der Waals surface area (Å²) in [4.78, 5) is 23.5. The van der Waals surface area contributed by atoms with E-state index in [1.807, 2.05) is 0 Å². The van der Waals surface area contributed by atoms with Gasteiger partial charge in [-0.25, -0.2) is 9.80 Å². The average Bonchev–Trinajstić information content (AvgIpc) is 2.35. The maximum absolute atomic E-state index is 12.6. The molecule has 0 fully saturated rings. The first-order valence-electron chi connectivity index (χ1n) is 6.35. The van der Waals surface area contributed by atoms with Gasteiger partial charge in [-0.15, -0.1) is 0 Å². The van der Waals surface area contributed by atoms with E-state index in [0.29, 0.717) is 6.07 Å². The van der Waals surface area contributed by atoms with Crippen LogP contribution in [0.2, 0.25) is 0 Å². The number of rotatable bonds is 1. The van der Waals surface area contributed by atoms with Crippen molar-refractivity contribution < 1.29 is 27.5 Å². The van der Waals surface area contributed by atoms with Gasteiger partial charge in [-0.1, -0.05) is 6.07 Å². The predicted molar refractivity (Wildman–Crippen MR) is 72.9 cm³/mol. The highest BCUT2D eigenvalue weighted by Gasteiger charge is 2.31. The Morgan fingerprint density at radius 3 is 2.27 bits per heavy atom. The standard InChI is InChI=1S/C14H17F3N2O3/c1-13(2,3)22-12(21)19(4)18-11(20)9-6-5-7-10(8-9)14(15,16)17/h5-8H,1-4H3,(H,18,20). The summed E-state index contributed by atoms with van der Waals surface area (Å²) in [5.41, 5.74) is 0.230. The van der Waals surface area contributed by atoms with Gasteiger partial charge in [-0.05, 0) is 39.0 Å². The van der Waals surface area contributed by atoms with E-state index in [0.717, 1.165) is 17.1 Å². The molecule has 0 radical (unpaired) electrons. The van der Waals surface area contributed by atoms with Crippen molar-refractivity contribution in [2.75, 3.05) is 7.05 Å². The number of hydrazine groups is 1. The molecule has 1 aromatic rings. The lowest BCUT2D eigenvalue weighted by atomic mass is 10.1. The van der Waals surface area contributed by atoms with Gasteiger partial charge in [0.1, 0.15) is 5.60 Å². The third-order valence-corrected chi connectivity index (χ3v) is 2.39. The lowest BCUT2D eigenvalue weighted by Crippen LogP contribution is -2.45. The lowest BCUT2D eigenvalue weighted by Gasteiger charge is -2.24. The van der Waals surface area contributed by atoms with Gasteiger partial charge in [0.2, 0.25) is 0 Å². The van der Waals surface area contributed by atoms with Crippen LogP contribution in [0.25, 0.3) is 0 Å². The number of ether oxygens (including phenoxy) is 1. The second-order valence-electron chi connectivity index (χ2n) is 5.56. The molecule has 122 valence electrons. The van der Waals surface area contributed by atoms with Crippen LogP contribution in [0.3, 0.4) is 0 Å². The summed E-state index contributed by atoms with van der Waals surface area (Å²) in [6.07, 6.45) is -5.37. The van der Waals surface area contributed by atoms with Gasteiger partial charge in [0.05, 0.1) is 5.56 Å². The van der Waals surface area contributed by atoms with E-state index < -0.39 is 29.3 Å². The smallest absolute Gasteiger partial charge is 0.428 e. The highest BCUT2D eigenvalue weighted by molar-refractivity contribution is 5.95. The first-order valence-corrected chi connectivity index (χ1v) is 6.35. The predicted octanol–water partition coefficient (Wildman–Crippen LogP) is 3.22. The molecule has 22 heavy (non-hydrogen) atoms. The third kappa shape index (κ3) is 5.27. The summed E-state index contributed by atoms with van der Waals surface area (Å²) in [7, 11) is 1.24. The molecule has 5 nitrogen and oxygen atoms in total. The molecule has 8 heteroatoms. The third-order valence-electron chi connectivity index (χ3n) is 2.39. The number of hydrogen-bond donors (Lipinski definition) is 1. The molecule has 0 aliphatic carbocycles. The molecule has 0 saturated carbocycles. The van der Waals surface area contributed by atoms with Crippen LogP contribution in [-0.2, 0) is 10.9 Å². The van der Waals surface area contributed by atoms with Crippen LogP contribution >= 0.6 is 0 Å². The van der Waals surface area contributed by atoms with Gasteiger partial charge in [-0.3, -0.25) is 10.2 Å². The van der Waals surface area contributed by atoms with Gasteiger partial charge >= 0.3 is 12.3 Å². The maximum Gasteiger partial charge on any atom is 0.428 e. The molecule has 0 aliphatic heterocycles. The van der Waals surface area contributed by atoms with Crippen LogP contribution < -0.4 is 5.43 Å². The number of carbonyl (C=O) groups excluding carboxylic acids is 2. The van der Waals surface area contributed by atoms with Crippen LogP contribution in [0.4, 0.5) is 18.0 Å². The van der Waals surface area contributed by atoms with Crippen molar-refractivity contribution in [1.29, 1.82) is 0 Å². The van der Waals surface area contributed by atoms with E-state index in [2.05, 4.69) is 5.43 Å². The maximum atomic E-state index is 12.6. The number of nitrogens with zero attached hydrogens (tertiary/aromatic N) is 1. The van der Waals surface area contributed by atoms with E-state index in [1.54, 1.807) is 20.8 Å². The largest absolute Gasteiger partial charge is 0.442 e. The summed E-state index contributed by atoms with van der Waals surface area (Å²) in [5, 5.41) is 0.772. The van der Waals surface area contributed by atoms with E-state index in [1.165, 1.54) is 13.1 Å². The van der Waals surface area contributed by atoms with Gasteiger partial charge in [0.25, 0.3) is 5.91 Å². The molecule has 0 atom stereocenters. The molecular weight excluding hydrogens is 301 g/mol. The molecule has 0 aromatic heterocycles. The van der Waals surface area contributed by atoms with Crippen molar-refractivity contribution in [2.24, 2.45) is 0 Å². The van der Waals surface area contributed by atoms with Crippen LogP contribution in [-0.4, -0.2) is 29.7 Å². The number of carbonyl (C=O) groups is 2. The fourth-order valence-corrected chi connectivity index (χ4v) is 1.43. The first kappa shape index (κ1) is 17.8. The molecule has 0 unspecified atom stereocenters. The Morgan fingerprint density at radius 1 is 1.18 bits per heavy atom. The highest BCUT2D eigenvalue weighted by atomic mass is 19.4. The number of amides is 2. The van der Waals surface area contributed by atoms with Crippen molar-refractivity contribution in [3.05, 3.63) is 35.4 Å². The van der Waals surface area contributed by atoms with Crippen molar-refractivity contribution >= 4 is 12.0 Å². The molecule has 2 amide bonds.